The van der Waals surface area contributed by atoms with Gasteiger partial charge in [-0.15, -0.1) is 0 Å². The summed E-state index contributed by atoms with van der Waals surface area (Å²) in [7, 11) is 0. The van der Waals surface area contributed by atoms with E-state index in [4.69, 9.17) is 5.73 Å². The third-order valence-corrected chi connectivity index (χ3v) is 2.08. The summed E-state index contributed by atoms with van der Waals surface area (Å²) in [6, 6.07) is 2.02. The van der Waals surface area contributed by atoms with Gasteiger partial charge in [0.15, 0.2) is 0 Å². The summed E-state index contributed by atoms with van der Waals surface area (Å²) in [4.78, 5) is 0. The highest BCUT2D eigenvalue weighted by atomic mass is 19.4. The van der Waals surface area contributed by atoms with Gasteiger partial charge < -0.3 is 5.73 Å². The van der Waals surface area contributed by atoms with E-state index in [1.807, 2.05) is 0 Å². The van der Waals surface area contributed by atoms with E-state index >= 15 is 0 Å². The van der Waals surface area contributed by atoms with Crippen molar-refractivity contribution in [3.63, 3.8) is 0 Å². The first-order chi connectivity index (χ1) is 7.36. The van der Waals surface area contributed by atoms with Crippen LogP contribution >= 0.6 is 0 Å². The predicted molar refractivity (Wildman–Crippen MR) is 48.9 cm³/mol. The molecule has 0 saturated carbocycles. The van der Waals surface area contributed by atoms with E-state index in [0.717, 1.165) is 6.07 Å². The van der Waals surface area contributed by atoms with E-state index in [-0.39, 0.29) is 18.5 Å². The van der Waals surface area contributed by atoms with Gasteiger partial charge in [-0.3, -0.25) is 0 Å². The van der Waals surface area contributed by atoms with Crippen molar-refractivity contribution in [3.05, 3.63) is 35.1 Å². The van der Waals surface area contributed by atoms with E-state index < -0.39 is 23.7 Å². The van der Waals surface area contributed by atoms with Crippen molar-refractivity contribution in [2.24, 2.45) is 5.73 Å². The second-order valence-corrected chi connectivity index (χ2v) is 3.28. The molecule has 1 unspecified atom stereocenters. The SMILES string of the molecule is NCCC(F)c1ccc(C(F)(F)F)c(F)c1. The molecule has 90 valence electrons. The maximum atomic E-state index is 13.2. The van der Waals surface area contributed by atoms with Crippen LogP contribution in [-0.4, -0.2) is 6.54 Å². The molecule has 0 aliphatic carbocycles. The number of halogens is 5. The maximum Gasteiger partial charge on any atom is 0.419 e. The monoisotopic (exact) mass is 239 g/mol. The fourth-order valence-corrected chi connectivity index (χ4v) is 1.27. The van der Waals surface area contributed by atoms with Gasteiger partial charge in [-0.25, -0.2) is 8.78 Å². The predicted octanol–water partition coefficient (Wildman–Crippen LogP) is 3.20. The Morgan fingerprint density at radius 2 is 1.88 bits per heavy atom. The van der Waals surface area contributed by atoms with Crippen LogP contribution in [-0.2, 0) is 6.18 Å². The number of rotatable bonds is 3. The molecule has 2 N–H and O–H groups in total. The molecule has 0 aliphatic heterocycles. The van der Waals surface area contributed by atoms with Gasteiger partial charge in [-0.05, 0) is 30.7 Å². The molecular formula is C10H10F5N. The van der Waals surface area contributed by atoms with Crippen LogP contribution in [0.1, 0.15) is 23.7 Å². The molecule has 1 nitrogen and oxygen atoms in total. The standard InChI is InChI=1S/C10H10F5N/c11-8(3-4-16)6-1-2-7(9(12)5-6)10(13,14)15/h1-2,5,8H,3-4,16H2. The van der Waals surface area contributed by atoms with Crippen molar-refractivity contribution >= 4 is 0 Å². The highest BCUT2D eigenvalue weighted by Gasteiger charge is 2.34. The van der Waals surface area contributed by atoms with Gasteiger partial charge in [-0.1, -0.05) is 6.07 Å². The van der Waals surface area contributed by atoms with Gasteiger partial charge in [0.05, 0.1) is 5.56 Å². The van der Waals surface area contributed by atoms with Crippen LogP contribution in [0.3, 0.4) is 0 Å². The lowest BCUT2D eigenvalue weighted by Crippen LogP contribution is -2.09. The Kier molecular flexibility index (Phi) is 3.85. The minimum atomic E-state index is -4.76. The van der Waals surface area contributed by atoms with Crippen molar-refractivity contribution < 1.29 is 22.0 Å². The van der Waals surface area contributed by atoms with Gasteiger partial charge in [0.2, 0.25) is 0 Å². The lowest BCUT2D eigenvalue weighted by Gasteiger charge is -2.11. The van der Waals surface area contributed by atoms with Gasteiger partial charge >= 0.3 is 6.18 Å². The van der Waals surface area contributed by atoms with Crippen molar-refractivity contribution in [2.75, 3.05) is 6.54 Å². The van der Waals surface area contributed by atoms with Crippen LogP contribution in [0.5, 0.6) is 0 Å². The van der Waals surface area contributed by atoms with Crippen LogP contribution < -0.4 is 5.73 Å². The molecule has 6 heteroatoms. The Morgan fingerprint density at radius 1 is 1.25 bits per heavy atom. The lowest BCUT2D eigenvalue weighted by atomic mass is 10.0. The third-order valence-electron chi connectivity index (χ3n) is 2.08. The number of hydrogen-bond donors (Lipinski definition) is 1. The first-order valence-electron chi connectivity index (χ1n) is 4.57. The van der Waals surface area contributed by atoms with Crippen LogP contribution in [0, 0.1) is 5.82 Å². The summed E-state index contributed by atoms with van der Waals surface area (Å²) in [5, 5.41) is 0. The van der Waals surface area contributed by atoms with E-state index in [1.54, 1.807) is 0 Å². The van der Waals surface area contributed by atoms with Crippen LogP contribution in [0.15, 0.2) is 18.2 Å². The first kappa shape index (κ1) is 12.9. The summed E-state index contributed by atoms with van der Waals surface area (Å²) < 4.78 is 62.8. The molecular weight excluding hydrogens is 229 g/mol. The fourth-order valence-electron chi connectivity index (χ4n) is 1.27. The van der Waals surface area contributed by atoms with Crippen molar-refractivity contribution in [3.8, 4) is 0 Å². The molecule has 16 heavy (non-hydrogen) atoms. The lowest BCUT2D eigenvalue weighted by molar-refractivity contribution is -0.140. The number of nitrogens with two attached hydrogens (primary N) is 1. The number of benzene rings is 1. The Bertz CT molecular complexity index is 361. The highest BCUT2D eigenvalue weighted by Crippen LogP contribution is 2.33. The topological polar surface area (TPSA) is 26.0 Å². The average molecular weight is 239 g/mol. The van der Waals surface area contributed by atoms with Crippen LogP contribution in [0.4, 0.5) is 22.0 Å². The van der Waals surface area contributed by atoms with Crippen molar-refractivity contribution in [2.45, 2.75) is 18.8 Å². The second-order valence-electron chi connectivity index (χ2n) is 3.28. The number of alkyl halides is 4. The van der Waals surface area contributed by atoms with E-state index in [1.165, 1.54) is 0 Å². The molecule has 1 atom stereocenters. The van der Waals surface area contributed by atoms with E-state index in [0.29, 0.717) is 12.1 Å². The molecule has 0 amide bonds. The van der Waals surface area contributed by atoms with Gasteiger partial charge in [0.1, 0.15) is 12.0 Å². The Labute approximate surface area is 89.1 Å². The van der Waals surface area contributed by atoms with Crippen molar-refractivity contribution in [1.82, 2.24) is 0 Å². The highest BCUT2D eigenvalue weighted by molar-refractivity contribution is 5.27. The Hall–Kier alpha value is -1.17. The van der Waals surface area contributed by atoms with E-state index in [9.17, 15) is 22.0 Å². The summed E-state index contributed by atoms with van der Waals surface area (Å²) in [5.74, 6) is -1.47. The molecule has 0 heterocycles. The van der Waals surface area contributed by atoms with Crippen LogP contribution in [0.25, 0.3) is 0 Å². The molecule has 0 aromatic heterocycles. The zero-order valence-electron chi connectivity index (χ0n) is 8.19. The summed E-state index contributed by atoms with van der Waals surface area (Å²) in [5.41, 5.74) is 3.57. The second kappa shape index (κ2) is 4.78. The normalized spacial score (nSPS) is 13.9. The van der Waals surface area contributed by atoms with Crippen molar-refractivity contribution in [1.29, 1.82) is 0 Å². The van der Waals surface area contributed by atoms with Gasteiger partial charge in [0, 0.05) is 0 Å². The maximum absolute atomic E-state index is 13.2. The zero-order chi connectivity index (χ0) is 12.3. The Balaban J connectivity index is 3.00. The average Bonchev–Trinajstić information content (AvgIpc) is 2.16. The van der Waals surface area contributed by atoms with E-state index in [2.05, 4.69) is 0 Å². The third kappa shape index (κ3) is 2.91. The molecule has 0 radical (unpaired) electrons. The first-order valence-corrected chi connectivity index (χ1v) is 4.57. The Morgan fingerprint density at radius 3 is 2.31 bits per heavy atom. The minimum absolute atomic E-state index is 0.0454. The molecule has 0 bridgehead atoms. The smallest absolute Gasteiger partial charge is 0.330 e. The molecule has 1 aromatic rings. The molecule has 0 aliphatic rings. The van der Waals surface area contributed by atoms with Gasteiger partial charge in [0.25, 0.3) is 0 Å². The minimum Gasteiger partial charge on any atom is -0.330 e. The quantitative estimate of drug-likeness (QED) is 0.805. The molecule has 0 fully saturated rings. The van der Waals surface area contributed by atoms with Crippen LogP contribution in [0.2, 0.25) is 0 Å². The zero-order valence-corrected chi connectivity index (χ0v) is 8.19. The number of hydrogen-bond acceptors (Lipinski definition) is 1. The summed E-state index contributed by atoms with van der Waals surface area (Å²) in [6.45, 7) is 0.0454. The molecule has 1 rings (SSSR count). The fraction of sp³-hybridized carbons (Fsp3) is 0.400. The molecule has 1 aromatic carbocycles. The summed E-state index contributed by atoms with van der Waals surface area (Å²) in [6.07, 6.45) is -6.35. The largest absolute Gasteiger partial charge is 0.419 e. The van der Waals surface area contributed by atoms with Gasteiger partial charge in [-0.2, -0.15) is 13.2 Å². The molecule has 0 saturated heterocycles. The summed E-state index contributed by atoms with van der Waals surface area (Å²) >= 11 is 0. The molecule has 0 spiro atoms.